The summed E-state index contributed by atoms with van der Waals surface area (Å²) >= 11 is 0. The van der Waals surface area contributed by atoms with E-state index in [-0.39, 0.29) is 17.2 Å². The molecule has 0 atom stereocenters. The molecule has 0 unspecified atom stereocenters. The Morgan fingerprint density at radius 3 is 2.59 bits per heavy atom. The number of carboxylic acid groups (broad SMARTS) is 1. The van der Waals surface area contributed by atoms with Crippen LogP contribution in [-0.2, 0) is 11.3 Å². The van der Waals surface area contributed by atoms with Gasteiger partial charge >= 0.3 is 5.97 Å². The molecule has 22 heavy (non-hydrogen) atoms. The molecular formula is C16H17NO5. The summed E-state index contributed by atoms with van der Waals surface area (Å²) < 4.78 is 10.1. The van der Waals surface area contributed by atoms with E-state index < -0.39 is 5.97 Å². The van der Waals surface area contributed by atoms with Crippen molar-refractivity contribution in [2.75, 3.05) is 20.3 Å². The van der Waals surface area contributed by atoms with Crippen LogP contribution in [0.2, 0.25) is 0 Å². The van der Waals surface area contributed by atoms with Gasteiger partial charge in [-0.2, -0.15) is 0 Å². The van der Waals surface area contributed by atoms with E-state index in [1.165, 1.54) is 6.07 Å². The highest BCUT2D eigenvalue weighted by Crippen LogP contribution is 2.13. The molecule has 6 heteroatoms. The zero-order valence-corrected chi connectivity index (χ0v) is 12.2. The van der Waals surface area contributed by atoms with E-state index in [1.54, 1.807) is 12.0 Å². The van der Waals surface area contributed by atoms with Gasteiger partial charge in [-0.3, -0.25) is 4.79 Å². The van der Waals surface area contributed by atoms with Gasteiger partial charge in [-0.15, -0.1) is 0 Å². The Bertz CT molecular complexity index is 635. The number of carboxylic acids is 1. The molecule has 0 aliphatic heterocycles. The topological polar surface area (TPSA) is 80.0 Å². The van der Waals surface area contributed by atoms with Gasteiger partial charge in [0.2, 0.25) is 0 Å². The lowest BCUT2D eigenvalue weighted by atomic mass is 10.2. The number of carbonyl (C=O) groups is 2. The summed E-state index contributed by atoms with van der Waals surface area (Å²) in [4.78, 5) is 24.9. The molecule has 1 aromatic carbocycles. The molecule has 1 heterocycles. The van der Waals surface area contributed by atoms with Gasteiger partial charge in [0.05, 0.1) is 12.2 Å². The molecule has 0 saturated carbocycles. The summed E-state index contributed by atoms with van der Waals surface area (Å²) in [5, 5.41) is 8.89. The minimum absolute atomic E-state index is 0.00411. The number of ether oxygens (including phenoxy) is 1. The van der Waals surface area contributed by atoms with Gasteiger partial charge in [0.15, 0.2) is 5.76 Å². The minimum Gasteiger partial charge on any atom is -0.478 e. The van der Waals surface area contributed by atoms with Crippen LogP contribution < -0.4 is 0 Å². The van der Waals surface area contributed by atoms with Gasteiger partial charge < -0.3 is 19.2 Å². The van der Waals surface area contributed by atoms with Crippen molar-refractivity contribution in [3.8, 4) is 0 Å². The Labute approximate surface area is 127 Å². The first-order valence-corrected chi connectivity index (χ1v) is 6.75. The highest BCUT2D eigenvalue weighted by Gasteiger charge is 2.21. The third-order valence-electron chi connectivity index (χ3n) is 3.13. The number of aromatic carboxylic acids is 1. The van der Waals surface area contributed by atoms with Gasteiger partial charge in [0.1, 0.15) is 6.26 Å². The van der Waals surface area contributed by atoms with Gasteiger partial charge in [0, 0.05) is 26.3 Å². The van der Waals surface area contributed by atoms with Crippen molar-refractivity contribution in [1.82, 2.24) is 4.90 Å². The van der Waals surface area contributed by atoms with Crippen LogP contribution in [0, 0.1) is 0 Å². The van der Waals surface area contributed by atoms with E-state index in [1.807, 2.05) is 30.3 Å². The first-order valence-electron chi connectivity index (χ1n) is 6.75. The summed E-state index contributed by atoms with van der Waals surface area (Å²) in [5.41, 5.74) is 0.923. The van der Waals surface area contributed by atoms with Crippen molar-refractivity contribution in [2.24, 2.45) is 0 Å². The molecular weight excluding hydrogens is 286 g/mol. The fourth-order valence-corrected chi connectivity index (χ4v) is 1.97. The number of furan rings is 1. The zero-order chi connectivity index (χ0) is 15.9. The Kier molecular flexibility index (Phi) is 5.32. The minimum atomic E-state index is -1.13. The lowest BCUT2D eigenvalue weighted by Gasteiger charge is -2.21. The van der Waals surface area contributed by atoms with Crippen LogP contribution in [0.4, 0.5) is 0 Å². The van der Waals surface area contributed by atoms with Crippen molar-refractivity contribution in [2.45, 2.75) is 6.54 Å². The second-order valence-corrected chi connectivity index (χ2v) is 4.71. The molecule has 1 N–H and O–H groups in total. The first-order chi connectivity index (χ1) is 10.6. The molecule has 2 rings (SSSR count). The van der Waals surface area contributed by atoms with Gasteiger partial charge in [0.25, 0.3) is 5.91 Å². The molecule has 0 aliphatic rings. The maximum absolute atomic E-state index is 12.5. The standard InChI is InChI=1S/C16H17NO5/c1-21-8-7-17(10-12-5-3-2-4-6-12)15(18)14-9-13(11-22-14)16(19)20/h2-6,9,11H,7-8,10H2,1H3,(H,19,20). The van der Waals surface area contributed by atoms with Gasteiger partial charge in [-0.25, -0.2) is 4.79 Å². The van der Waals surface area contributed by atoms with Crippen LogP contribution in [-0.4, -0.2) is 42.1 Å². The van der Waals surface area contributed by atoms with Crippen LogP contribution in [0.1, 0.15) is 26.5 Å². The van der Waals surface area contributed by atoms with Crippen LogP contribution in [0.5, 0.6) is 0 Å². The Morgan fingerprint density at radius 2 is 2.00 bits per heavy atom. The fourth-order valence-electron chi connectivity index (χ4n) is 1.97. The third kappa shape index (κ3) is 3.95. The Hall–Kier alpha value is -2.60. The molecule has 1 aromatic heterocycles. The average molecular weight is 303 g/mol. The van der Waals surface area contributed by atoms with E-state index in [2.05, 4.69) is 0 Å². The SMILES string of the molecule is COCCN(Cc1ccccc1)C(=O)c1cc(C(=O)O)co1. The number of hydrogen-bond acceptors (Lipinski definition) is 4. The lowest BCUT2D eigenvalue weighted by Crippen LogP contribution is -2.33. The normalized spacial score (nSPS) is 10.4. The number of benzene rings is 1. The molecule has 0 saturated heterocycles. The summed E-state index contributed by atoms with van der Waals surface area (Å²) in [6.45, 7) is 1.16. The molecule has 0 radical (unpaired) electrons. The first kappa shape index (κ1) is 15.8. The van der Waals surface area contributed by atoms with E-state index in [4.69, 9.17) is 14.3 Å². The van der Waals surface area contributed by atoms with E-state index in [9.17, 15) is 9.59 Å². The second-order valence-electron chi connectivity index (χ2n) is 4.71. The highest BCUT2D eigenvalue weighted by molar-refractivity contribution is 5.95. The largest absolute Gasteiger partial charge is 0.478 e. The van der Waals surface area contributed by atoms with Crippen molar-refractivity contribution >= 4 is 11.9 Å². The molecule has 116 valence electrons. The molecule has 0 spiro atoms. The van der Waals surface area contributed by atoms with Gasteiger partial charge in [-0.1, -0.05) is 30.3 Å². The molecule has 0 fully saturated rings. The maximum Gasteiger partial charge on any atom is 0.338 e. The summed E-state index contributed by atoms with van der Waals surface area (Å²) in [6, 6.07) is 10.7. The maximum atomic E-state index is 12.5. The quantitative estimate of drug-likeness (QED) is 0.848. The Morgan fingerprint density at radius 1 is 1.27 bits per heavy atom. The van der Waals surface area contributed by atoms with Crippen LogP contribution >= 0.6 is 0 Å². The summed E-state index contributed by atoms with van der Waals surface area (Å²) in [7, 11) is 1.56. The van der Waals surface area contributed by atoms with E-state index in [0.717, 1.165) is 11.8 Å². The predicted molar refractivity (Wildman–Crippen MR) is 78.7 cm³/mol. The van der Waals surface area contributed by atoms with Crippen LogP contribution in [0.25, 0.3) is 0 Å². The number of hydrogen-bond donors (Lipinski definition) is 1. The lowest BCUT2D eigenvalue weighted by molar-refractivity contribution is 0.0648. The van der Waals surface area contributed by atoms with Crippen molar-refractivity contribution in [3.63, 3.8) is 0 Å². The Balaban J connectivity index is 2.16. The summed E-state index contributed by atoms with van der Waals surface area (Å²) in [5.74, 6) is -1.49. The molecule has 0 aliphatic carbocycles. The predicted octanol–water partition coefficient (Wildman–Crippen LogP) is 2.27. The smallest absolute Gasteiger partial charge is 0.338 e. The molecule has 1 amide bonds. The molecule has 2 aromatic rings. The van der Waals surface area contributed by atoms with Crippen LogP contribution in [0.15, 0.2) is 47.1 Å². The van der Waals surface area contributed by atoms with E-state index >= 15 is 0 Å². The average Bonchev–Trinajstić information content (AvgIpc) is 3.02. The monoisotopic (exact) mass is 303 g/mol. The number of amides is 1. The number of methoxy groups -OCH3 is 1. The number of nitrogens with zero attached hydrogens (tertiary/aromatic N) is 1. The van der Waals surface area contributed by atoms with Crippen molar-refractivity contribution < 1.29 is 23.8 Å². The highest BCUT2D eigenvalue weighted by atomic mass is 16.5. The third-order valence-corrected chi connectivity index (χ3v) is 3.13. The summed E-state index contributed by atoms with van der Waals surface area (Å²) in [6.07, 6.45) is 1.06. The van der Waals surface area contributed by atoms with Crippen molar-refractivity contribution in [1.29, 1.82) is 0 Å². The molecule has 0 bridgehead atoms. The zero-order valence-electron chi connectivity index (χ0n) is 12.2. The second kappa shape index (κ2) is 7.42. The number of rotatable bonds is 7. The van der Waals surface area contributed by atoms with Crippen molar-refractivity contribution in [3.05, 3.63) is 59.5 Å². The fraction of sp³-hybridized carbons (Fsp3) is 0.250. The van der Waals surface area contributed by atoms with Gasteiger partial charge in [-0.05, 0) is 5.56 Å². The molecule has 6 nitrogen and oxygen atoms in total. The van der Waals surface area contributed by atoms with Crippen LogP contribution in [0.3, 0.4) is 0 Å². The number of carbonyl (C=O) groups excluding carboxylic acids is 1. The van der Waals surface area contributed by atoms with E-state index in [0.29, 0.717) is 19.7 Å².